The van der Waals surface area contributed by atoms with Crippen LogP contribution in [-0.2, 0) is 9.53 Å². The molecule has 1 aromatic carbocycles. The lowest BCUT2D eigenvalue weighted by Gasteiger charge is -2.04. The lowest BCUT2D eigenvalue weighted by Crippen LogP contribution is -2.04. The van der Waals surface area contributed by atoms with Gasteiger partial charge >= 0.3 is 5.97 Å². The van der Waals surface area contributed by atoms with Crippen molar-refractivity contribution in [1.29, 1.82) is 0 Å². The van der Waals surface area contributed by atoms with Crippen LogP contribution in [0.1, 0.15) is 6.92 Å². The number of rotatable bonds is 4. The number of phenols is 1. The fraction of sp³-hybridized carbons (Fsp3) is 0.250. The number of benzene rings is 1. The molecule has 0 aliphatic heterocycles. The second-order valence-electron chi connectivity index (χ2n) is 3.19. The molecular weight excluding hydrogens is 208 g/mol. The number of ether oxygens (including phenoxy) is 2. The number of carbonyl (C=O) groups is 1. The highest BCUT2D eigenvalue weighted by atomic mass is 16.5. The molecule has 0 aliphatic carbocycles. The Labute approximate surface area is 94.1 Å². The van der Waals surface area contributed by atoms with Gasteiger partial charge in [0.1, 0.15) is 18.1 Å². The Balaban J connectivity index is 2.50. The summed E-state index contributed by atoms with van der Waals surface area (Å²) in [7, 11) is 1.33. The van der Waals surface area contributed by atoms with Gasteiger partial charge in [-0.15, -0.1) is 0 Å². The molecule has 0 saturated carbocycles. The molecule has 0 radical (unpaired) electrons. The van der Waals surface area contributed by atoms with Crippen molar-refractivity contribution in [3.63, 3.8) is 0 Å². The number of methoxy groups -OCH3 is 1. The molecule has 0 unspecified atom stereocenters. The molecule has 0 spiro atoms. The van der Waals surface area contributed by atoms with E-state index in [9.17, 15) is 9.90 Å². The molecular formula is C12H14O4. The minimum absolute atomic E-state index is 0.145. The maximum Gasteiger partial charge on any atom is 0.333 e. The van der Waals surface area contributed by atoms with Crippen molar-refractivity contribution in [2.75, 3.05) is 13.7 Å². The first-order valence-electron chi connectivity index (χ1n) is 4.80. The number of esters is 1. The number of phenolic OH excluding ortho intramolecular Hbond substituents is 1. The van der Waals surface area contributed by atoms with Crippen molar-refractivity contribution in [2.24, 2.45) is 0 Å². The molecule has 0 saturated heterocycles. The van der Waals surface area contributed by atoms with E-state index < -0.39 is 0 Å². The van der Waals surface area contributed by atoms with Gasteiger partial charge in [0.25, 0.3) is 0 Å². The van der Waals surface area contributed by atoms with E-state index in [1.54, 1.807) is 31.2 Å². The predicted molar refractivity (Wildman–Crippen MR) is 59.4 cm³/mol. The summed E-state index contributed by atoms with van der Waals surface area (Å²) in [6, 6.07) is 6.46. The average Bonchev–Trinajstić information content (AvgIpc) is 2.28. The van der Waals surface area contributed by atoms with E-state index in [1.165, 1.54) is 13.2 Å². The van der Waals surface area contributed by atoms with Gasteiger partial charge in [-0.1, -0.05) is 6.07 Å². The van der Waals surface area contributed by atoms with E-state index in [4.69, 9.17) is 4.74 Å². The van der Waals surface area contributed by atoms with Crippen LogP contribution in [0.15, 0.2) is 35.9 Å². The molecule has 0 aromatic heterocycles. The fourth-order valence-electron chi connectivity index (χ4n) is 1.08. The third-order valence-electron chi connectivity index (χ3n) is 1.96. The Morgan fingerprint density at radius 3 is 2.88 bits per heavy atom. The van der Waals surface area contributed by atoms with Crippen LogP contribution in [0.5, 0.6) is 11.5 Å². The van der Waals surface area contributed by atoms with Gasteiger partial charge in [-0.25, -0.2) is 4.79 Å². The molecule has 0 amide bonds. The smallest absolute Gasteiger partial charge is 0.333 e. The van der Waals surface area contributed by atoms with Crippen LogP contribution in [0.3, 0.4) is 0 Å². The highest BCUT2D eigenvalue weighted by Gasteiger charge is 2.01. The zero-order valence-electron chi connectivity index (χ0n) is 9.27. The third-order valence-corrected chi connectivity index (χ3v) is 1.96. The van der Waals surface area contributed by atoms with Crippen LogP contribution >= 0.6 is 0 Å². The Morgan fingerprint density at radius 2 is 2.25 bits per heavy atom. The molecule has 0 heterocycles. The van der Waals surface area contributed by atoms with E-state index in [-0.39, 0.29) is 18.3 Å². The summed E-state index contributed by atoms with van der Waals surface area (Å²) < 4.78 is 9.84. The summed E-state index contributed by atoms with van der Waals surface area (Å²) in [6.07, 6.45) is 1.62. The molecule has 16 heavy (non-hydrogen) atoms. The van der Waals surface area contributed by atoms with Gasteiger partial charge in [0.2, 0.25) is 0 Å². The molecule has 1 N–H and O–H groups in total. The van der Waals surface area contributed by atoms with Gasteiger partial charge in [0.05, 0.1) is 7.11 Å². The number of carbonyl (C=O) groups excluding carboxylic acids is 1. The summed E-state index contributed by atoms with van der Waals surface area (Å²) in [4.78, 5) is 11.0. The van der Waals surface area contributed by atoms with E-state index in [0.717, 1.165) is 0 Å². The maximum atomic E-state index is 11.0. The second kappa shape index (κ2) is 5.80. The van der Waals surface area contributed by atoms with Crippen molar-refractivity contribution in [1.82, 2.24) is 0 Å². The van der Waals surface area contributed by atoms with Gasteiger partial charge in [0.15, 0.2) is 0 Å². The molecule has 1 rings (SSSR count). The first kappa shape index (κ1) is 12.1. The number of hydrogen-bond donors (Lipinski definition) is 1. The van der Waals surface area contributed by atoms with Crippen LogP contribution < -0.4 is 4.74 Å². The minimum Gasteiger partial charge on any atom is -0.508 e. The van der Waals surface area contributed by atoms with Gasteiger partial charge < -0.3 is 14.6 Å². The topological polar surface area (TPSA) is 55.8 Å². The molecule has 0 atom stereocenters. The number of aromatic hydroxyl groups is 1. The van der Waals surface area contributed by atoms with Crippen molar-refractivity contribution in [3.05, 3.63) is 35.9 Å². The summed E-state index contributed by atoms with van der Waals surface area (Å²) in [5, 5.41) is 9.18. The monoisotopic (exact) mass is 222 g/mol. The minimum atomic E-state index is -0.375. The van der Waals surface area contributed by atoms with E-state index in [1.807, 2.05) is 0 Å². The Hall–Kier alpha value is -1.97. The zero-order chi connectivity index (χ0) is 12.0. The molecule has 0 bridgehead atoms. The van der Waals surface area contributed by atoms with Gasteiger partial charge in [0, 0.05) is 11.6 Å². The molecule has 0 fully saturated rings. The first-order valence-corrected chi connectivity index (χ1v) is 4.80. The highest BCUT2D eigenvalue weighted by Crippen LogP contribution is 2.17. The molecule has 1 aromatic rings. The van der Waals surface area contributed by atoms with Crippen LogP contribution in [0.25, 0.3) is 0 Å². The van der Waals surface area contributed by atoms with Crippen LogP contribution in [0, 0.1) is 0 Å². The van der Waals surface area contributed by atoms with Crippen LogP contribution in [-0.4, -0.2) is 24.8 Å². The van der Waals surface area contributed by atoms with Crippen molar-refractivity contribution >= 4 is 5.97 Å². The quantitative estimate of drug-likeness (QED) is 0.624. The largest absolute Gasteiger partial charge is 0.508 e. The van der Waals surface area contributed by atoms with Crippen molar-refractivity contribution in [3.8, 4) is 11.5 Å². The van der Waals surface area contributed by atoms with Gasteiger partial charge in [-0.05, 0) is 25.1 Å². The first-order chi connectivity index (χ1) is 7.63. The van der Waals surface area contributed by atoms with E-state index in [2.05, 4.69) is 4.74 Å². The third kappa shape index (κ3) is 3.65. The number of hydrogen-bond acceptors (Lipinski definition) is 4. The standard InChI is InChI=1S/C12H14O4/c1-9(12(14)15-2)6-7-16-11-5-3-4-10(13)8-11/h3-6,8,13H,7H2,1-2H3. The van der Waals surface area contributed by atoms with E-state index in [0.29, 0.717) is 11.3 Å². The Bertz CT molecular complexity index is 396. The lowest BCUT2D eigenvalue weighted by molar-refractivity contribution is -0.136. The van der Waals surface area contributed by atoms with Gasteiger partial charge in [-0.2, -0.15) is 0 Å². The van der Waals surface area contributed by atoms with E-state index >= 15 is 0 Å². The molecule has 86 valence electrons. The summed E-state index contributed by atoms with van der Waals surface area (Å²) in [5.41, 5.74) is 0.489. The van der Waals surface area contributed by atoms with Gasteiger partial charge in [-0.3, -0.25) is 0 Å². The molecule has 4 nitrogen and oxygen atoms in total. The summed E-state index contributed by atoms with van der Waals surface area (Å²) >= 11 is 0. The van der Waals surface area contributed by atoms with Crippen LogP contribution in [0.2, 0.25) is 0 Å². The lowest BCUT2D eigenvalue weighted by atomic mass is 10.3. The summed E-state index contributed by atoms with van der Waals surface area (Å²) in [5.74, 6) is 0.319. The SMILES string of the molecule is COC(=O)C(C)=CCOc1cccc(O)c1. The Morgan fingerprint density at radius 1 is 1.50 bits per heavy atom. The average molecular weight is 222 g/mol. The normalized spacial score (nSPS) is 11.0. The summed E-state index contributed by atoms with van der Waals surface area (Å²) in [6.45, 7) is 1.90. The Kier molecular flexibility index (Phi) is 4.39. The van der Waals surface area contributed by atoms with Crippen molar-refractivity contribution in [2.45, 2.75) is 6.92 Å². The second-order valence-corrected chi connectivity index (χ2v) is 3.19. The molecule has 0 aliphatic rings. The fourth-order valence-corrected chi connectivity index (χ4v) is 1.08. The zero-order valence-corrected chi connectivity index (χ0v) is 9.27. The van der Waals surface area contributed by atoms with Crippen molar-refractivity contribution < 1.29 is 19.4 Å². The highest BCUT2D eigenvalue weighted by molar-refractivity contribution is 5.87. The molecule has 4 heteroatoms. The van der Waals surface area contributed by atoms with Crippen LogP contribution in [0.4, 0.5) is 0 Å². The predicted octanol–water partition coefficient (Wildman–Crippen LogP) is 1.89. The maximum absolute atomic E-state index is 11.0.